The molecule has 1 saturated heterocycles. The fraction of sp³-hybridized carbons (Fsp3) is 0.690. The van der Waals surface area contributed by atoms with E-state index in [0.717, 1.165) is 5.57 Å². The van der Waals surface area contributed by atoms with Crippen LogP contribution < -0.4 is 0 Å². The highest BCUT2D eigenvalue weighted by Gasteiger charge is 2.71. The van der Waals surface area contributed by atoms with Gasteiger partial charge in [0, 0.05) is 19.4 Å². The predicted molar refractivity (Wildman–Crippen MR) is 137 cm³/mol. The molecule has 0 bridgehead atoms. The van der Waals surface area contributed by atoms with Crippen molar-refractivity contribution in [3.05, 3.63) is 36.0 Å². The SMILES string of the molecule is C=C/C(C)=C/C[C@]1(C)[C@H]2C[C@@H](OC(=O)[C@H](C)CC)C=C3[C@H](OC(C)=O)O[C@H](OC(C)=O)[C@@]32[C@H](O)C[C@@H]1C. The van der Waals surface area contributed by atoms with Crippen LogP contribution in [0.2, 0.25) is 0 Å². The second-order valence-electron chi connectivity index (χ2n) is 11.2. The lowest BCUT2D eigenvalue weighted by Crippen LogP contribution is -2.63. The van der Waals surface area contributed by atoms with Crippen LogP contribution in [-0.2, 0) is 33.3 Å². The van der Waals surface area contributed by atoms with Crippen molar-refractivity contribution in [1.29, 1.82) is 0 Å². The van der Waals surface area contributed by atoms with Crippen LogP contribution >= 0.6 is 0 Å². The summed E-state index contributed by atoms with van der Waals surface area (Å²) in [6, 6.07) is 0. The lowest BCUT2D eigenvalue weighted by molar-refractivity contribution is -0.254. The molecule has 2 aliphatic carbocycles. The molecule has 1 heterocycles. The van der Waals surface area contributed by atoms with Gasteiger partial charge in [-0.1, -0.05) is 52.0 Å². The van der Waals surface area contributed by atoms with E-state index >= 15 is 0 Å². The Morgan fingerprint density at radius 2 is 1.84 bits per heavy atom. The van der Waals surface area contributed by atoms with Crippen molar-refractivity contribution in [3.63, 3.8) is 0 Å². The van der Waals surface area contributed by atoms with Gasteiger partial charge in [0.15, 0.2) is 0 Å². The first kappa shape index (κ1) is 29.1. The molecule has 1 aliphatic heterocycles. The molecule has 0 aromatic heterocycles. The molecule has 0 radical (unpaired) electrons. The lowest BCUT2D eigenvalue weighted by Gasteiger charge is -2.60. The summed E-state index contributed by atoms with van der Waals surface area (Å²) in [7, 11) is 0. The molecular formula is C29H42O8. The van der Waals surface area contributed by atoms with Gasteiger partial charge in [-0.15, -0.1) is 0 Å². The molecule has 1 spiro atoms. The molecule has 2 fully saturated rings. The van der Waals surface area contributed by atoms with Gasteiger partial charge in [-0.05, 0) is 55.9 Å². The number of rotatable bonds is 8. The minimum Gasteiger partial charge on any atom is -0.458 e. The summed E-state index contributed by atoms with van der Waals surface area (Å²) < 4.78 is 23.2. The van der Waals surface area contributed by atoms with Crippen molar-refractivity contribution in [2.45, 2.75) is 98.9 Å². The van der Waals surface area contributed by atoms with Crippen LogP contribution in [0, 0.1) is 28.6 Å². The van der Waals surface area contributed by atoms with E-state index < -0.39 is 47.6 Å². The average molecular weight is 519 g/mol. The van der Waals surface area contributed by atoms with E-state index in [1.54, 1.807) is 12.2 Å². The summed E-state index contributed by atoms with van der Waals surface area (Å²) >= 11 is 0. The van der Waals surface area contributed by atoms with E-state index in [1.165, 1.54) is 13.8 Å². The summed E-state index contributed by atoms with van der Waals surface area (Å²) in [5.74, 6) is -1.99. The number of aliphatic hydroxyl groups excluding tert-OH is 1. The van der Waals surface area contributed by atoms with E-state index in [-0.39, 0.29) is 23.7 Å². The largest absolute Gasteiger partial charge is 0.458 e. The fourth-order valence-electron chi connectivity index (χ4n) is 6.30. The third-order valence-corrected chi connectivity index (χ3v) is 8.87. The zero-order valence-electron chi connectivity index (χ0n) is 23.1. The monoisotopic (exact) mass is 518 g/mol. The van der Waals surface area contributed by atoms with E-state index in [0.29, 0.717) is 31.3 Å². The van der Waals surface area contributed by atoms with E-state index in [1.807, 2.05) is 20.8 Å². The summed E-state index contributed by atoms with van der Waals surface area (Å²) in [4.78, 5) is 37.0. The van der Waals surface area contributed by atoms with Crippen molar-refractivity contribution < 1.29 is 38.4 Å². The van der Waals surface area contributed by atoms with E-state index in [4.69, 9.17) is 18.9 Å². The van der Waals surface area contributed by atoms with Gasteiger partial charge in [0.05, 0.1) is 17.4 Å². The Kier molecular flexibility index (Phi) is 8.75. The molecule has 9 atom stereocenters. The Morgan fingerprint density at radius 3 is 2.41 bits per heavy atom. The van der Waals surface area contributed by atoms with Crippen molar-refractivity contribution in [2.24, 2.45) is 28.6 Å². The summed E-state index contributed by atoms with van der Waals surface area (Å²) in [5, 5.41) is 11.7. The van der Waals surface area contributed by atoms with E-state index in [9.17, 15) is 19.5 Å². The van der Waals surface area contributed by atoms with Gasteiger partial charge in [-0.3, -0.25) is 19.1 Å². The number of esters is 3. The molecule has 1 N–H and O–H groups in total. The molecule has 3 aliphatic rings. The van der Waals surface area contributed by atoms with Crippen LogP contribution in [0.15, 0.2) is 36.0 Å². The lowest BCUT2D eigenvalue weighted by atomic mass is 9.45. The highest BCUT2D eigenvalue weighted by Crippen LogP contribution is 2.67. The number of hydrogen-bond donors (Lipinski definition) is 1. The van der Waals surface area contributed by atoms with Crippen LogP contribution in [0.4, 0.5) is 0 Å². The van der Waals surface area contributed by atoms with Crippen LogP contribution in [0.25, 0.3) is 0 Å². The zero-order valence-corrected chi connectivity index (χ0v) is 23.1. The van der Waals surface area contributed by atoms with Gasteiger partial charge in [0.1, 0.15) is 6.10 Å². The van der Waals surface area contributed by atoms with Gasteiger partial charge in [-0.25, -0.2) is 0 Å². The maximum Gasteiger partial charge on any atom is 0.309 e. The topological polar surface area (TPSA) is 108 Å². The smallest absolute Gasteiger partial charge is 0.309 e. The number of ether oxygens (including phenoxy) is 4. The van der Waals surface area contributed by atoms with Crippen molar-refractivity contribution in [1.82, 2.24) is 0 Å². The minimum absolute atomic E-state index is 0.0722. The van der Waals surface area contributed by atoms with Crippen LogP contribution in [0.3, 0.4) is 0 Å². The second-order valence-corrected chi connectivity index (χ2v) is 11.2. The Morgan fingerprint density at radius 1 is 1.19 bits per heavy atom. The third-order valence-electron chi connectivity index (χ3n) is 8.87. The van der Waals surface area contributed by atoms with Gasteiger partial charge in [0.25, 0.3) is 0 Å². The Bertz CT molecular complexity index is 982. The summed E-state index contributed by atoms with van der Waals surface area (Å²) in [6.45, 7) is 16.4. The molecule has 8 nitrogen and oxygen atoms in total. The minimum atomic E-state index is -1.17. The molecular weight excluding hydrogens is 476 g/mol. The molecule has 0 aromatic rings. The number of carbonyl (C=O) groups is 3. The quantitative estimate of drug-likeness (QED) is 0.215. The van der Waals surface area contributed by atoms with Crippen LogP contribution in [0.5, 0.6) is 0 Å². The Balaban J connectivity index is 2.21. The van der Waals surface area contributed by atoms with Gasteiger partial charge >= 0.3 is 17.9 Å². The number of carbonyl (C=O) groups excluding carboxylic acids is 3. The highest BCUT2D eigenvalue weighted by atomic mass is 16.8. The van der Waals surface area contributed by atoms with Crippen LogP contribution in [0.1, 0.15) is 74.1 Å². The number of aliphatic hydroxyl groups is 1. The van der Waals surface area contributed by atoms with Gasteiger partial charge in [0.2, 0.25) is 12.6 Å². The van der Waals surface area contributed by atoms with Crippen molar-refractivity contribution in [3.8, 4) is 0 Å². The summed E-state index contributed by atoms with van der Waals surface area (Å²) in [6.07, 6.45) is 3.89. The number of allylic oxidation sites excluding steroid dienone is 3. The molecule has 0 unspecified atom stereocenters. The second kappa shape index (κ2) is 11.1. The molecule has 8 heteroatoms. The van der Waals surface area contributed by atoms with E-state index in [2.05, 4.69) is 26.5 Å². The maximum absolute atomic E-state index is 12.8. The molecule has 3 rings (SSSR count). The average Bonchev–Trinajstić information content (AvgIpc) is 3.12. The molecule has 206 valence electrons. The molecule has 0 aromatic carbocycles. The number of hydrogen-bond acceptors (Lipinski definition) is 8. The standard InChI is InChI=1S/C29H42O8/c1-9-16(3)11-12-28(8)18(5)13-24(32)29-22(26(34-19(6)30)37-27(29)35-20(7)31)14-21(15-23(28)29)36-25(33)17(4)10-2/h9,11,14,17-18,21,23-24,26-27,32H,1,10,12-13,15H2,2-8H3/b16-11+/t17-,18+,21+,23-,24-,26-,27+,28+,29+/m1/s1. The fourth-order valence-corrected chi connectivity index (χ4v) is 6.30. The first-order valence-electron chi connectivity index (χ1n) is 13.2. The molecule has 0 amide bonds. The predicted octanol–water partition coefficient (Wildman–Crippen LogP) is 4.62. The van der Waals surface area contributed by atoms with Crippen molar-refractivity contribution >= 4 is 17.9 Å². The first-order valence-corrected chi connectivity index (χ1v) is 13.2. The summed E-state index contributed by atoms with van der Waals surface area (Å²) in [5.41, 5.74) is -0.0572. The van der Waals surface area contributed by atoms with Gasteiger partial charge in [-0.2, -0.15) is 0 Å². The normalized spacial score (nSPS) is 37.9. The third kappa shape index (κ3) is 5.28. The highest BCUT2D eigenvalue weighted by molar-refractivity contribution is 5.72. The maximum atomic E-state index is 12.8. The van der Waals surface area contributed by atoms with Crippen LogP contribution in [-0.4, -0.2) is 47.8 Å². The molecule has 37 heavy (non-hydrogen) atoms. The molecule has 1 saturated carbocycles. The van der Waals surface area contributed by atoms with Crippen molar-refractivity contribution in [2.75, 3.05) is 0 Å². The Hall–Kier alpha value is -2.45. The first-order chi connectivity index (χ1) is 17.3. The Labute approximate surface area is 220 Å². The van der Waals surface area contributed by atoms with Gasteiger partial charge < -0.3 is 19.3 Å². The zero-order chi connectivity index (χ0) is 27.7.